The van der Waals surface area contributed by atoms with Crippen molar-refractivity contribution in [1.29, 1.82) is 0 Å². The van der Waals surface area contributed by atoms with Crippen molar-refractivity contribution < 1.29 is 9.53 Å². The van der Waals surface area contributed by atoms with Crippen LogP contribution in [0.5, 0.6) is 0 Å². The van der Waals surface area contributed by atoms with Crippen molar-refractivity contribution in [3.63, 3.8) is 0 Å². The molecule has 1 aromatic rings. The summed E-state index contributed by atoms with van der Waals surface area (Å²) in [5.41, 5.74) is 2.01. The monoisotopic (exact) mass is 278 g/mol. The summed E-state index contributed by atoms with van der Waals surface area (Å²) in [5.74, 6) is -0.242. The number of hydrogen-bond acceptors (Lipinski definition) is 4. The molecule has 20 heavy (non-hydrogen) atoms. The lowest BCUT2D eigenvalue weighted by Gasteiger charge is -2.26. The topological polar surface area (TPSA) is 41.6 Å². The van der Waals surface area contributed by atoms with Gasteiger partial charge in [0, 0.05) is 39.3 Å². The van der Waals surface area contributed by atoms with Gasteiger partial charge in [0.1, 0.15) is 5.60 Å². The van der Waals surface area contributed by atoms with Gasteiger partial charge in [0.2, 0.25) is 0 Å². The number of carbonyl (C=O) groups is 1. The lowest BCUT2D eigenvalue weighted by Crippen LogP contribution is -2.41. The molecule has 0 saturated carbocycles. The SMILES string of the molecule is CC(=O)OC(C)(C)CNCCN(C)c1cccc(C)c1. The molecule has 0 aliphatic carbocycles. The fourth-order valence-electron chi connectivity index (χ4n) is 2.06. The highest BCUT2D eigenvalue weighted by atomic mass is 16.6. The fraction of sp³-hybridized carbons (Fsp3) is 0.562. The molecule has 4 heteroatoms. The lowest BCUT2D eigenvalue weighted by molar-refractivity contribution is -0.153. The predicted octanol–water partition coefficient (Wildman–Crippen LogP) is 2.36. The van der Waals surface area contributed by atoms with E-state index >= 15 is 0 Å². The van der Waals surface area contributed by atoms with Gasteiger partial charge in [-0.05, 0) is 38.5 Å². The van der Waals surface area contributed by atoms with Crippen LogP contribution in [0.25, 0.3) is 0 Å². The largest absolute Gasteiger partial charge is 0.458 e. The highest BCUT2D eigenvalue weighted by Crippen LogP contribution is 2.13. The van der Waals surface area contributed by atoms with Gasteiger partial charge in [-0.15, -0.1) is 0 Å². The molecule has 1 aromatic carbocycles. The molecular weight excluding hydrogens is 252 g/mol. The minimum absolute atomic E-state index is 0.242. The first-order chi connectivity index (χ1) is 9.30. The number of benzene rings is 1. The number of nitrogens with one attached hydrogen (secondary N) is 1. The third kappa shape index (κ3) is 6.06. The average Bonchev–Trinajstić information content (AvgIpc) is 2.32. The van der Waals surface area contributed by atoms with Crippen molar-refractivity contribution in [2.45, 2.75) is 33.3 Å². The highest BCUT2D eigenvalue weighted by Gasteiger charge is 2.20. The highest BCUT2D eigenvalue weighted by molar-refractivity contribution is 5.66. The van der Waals surface area contributed by atoms with Gasteiger partial charge in [-0.25, -0.2) is 0 Å². The van der Waals surface area contributed by atoms with Crippen LogP contribution in [0.15, 0.2) is 24.3 Å². The van der Waals surface area contributed by atoms with Crippen LogP contribution in [-0.2, 0) is 9.53 Å². The zero-order valence-corrected chi connectivity index (χ0v) is 13.2. The number of anilines is 1. The van der Waals surface area contributed by atoms with Crippen molar-refractivity contribution >= 4 is 11.7 Å². The van der Waals surface area contributed by atoms with Crippen LogP contribution in [0, 0.1) is 6.92 Å². The maximum absolute atomic E-state index is 11.0. The second-order valence-corrected chi connectivity index (χ2v) is 5.79. The number of esters is 1. The zero-order chi connectivity index (χ0) is 15.2. The normalized spacial score (nSPS) is 11.2. The number of ether oxygens (including phenoxy) is 1. The predicted molar refractivity (Wildman–Crippen MR) is 83.2 cm³/mol. The molecule has 0 unspecified atom stereocenters. The van der Waals surface area contributed by atoms with E-state index in [1.807, 2.05) is 13.8 Å². The smallest absolute Gasteiger partial charge is 0.303 e. The van der Waals surface area contributed by atoms with E-state index in [1.54, 1.807) is 0 Å². The van der Waals surface area contributed by atoms with Crippen molar-refractivity contribution in [2.24, 2.45) is 0 Å². The van der Waals surface area contributed by atoms with Gasteiger partial charge in [0.05, 0.1) is 0 Å². The van der Waals surface area contributed by atoms with Gasteiger partial charge in [-0.1, -0.05) is 12.1 Å². The number of aryl methyl sites for hydroxylation is 1. The third-order valence-electron chi connectivity index (χ3n) is 3.04. The van der Waals surface area contributed by atoms with E-state index in [1.165, 1.54) is 18.2 Å². The minimum atomic E-state index is -0.465. The van der Waals surface area contributed by atoms with Crippen LogP contribution in [0.4, 0.5) is 5.69 Å². The second kappa shape index (κ2) is 7.29. The van der Waals surface area contributed by atoms with E-state index in [0.717, 1.165) is 13.1 Å². The Labute approximate surface area is 122 Å². The molecule has 0 aliphatic heterocycles. The van der Waals surface area contributed by atoms with Crippen molar-refractivity contribution in [1.82, 2.24) is 5.32 Å². The number of hydrogen-bond donors (Lipinski definition) is 1. The molecular formula is C16H26N2O2. The first kappa shape index (κ1) is 16.5. The van der Waals surface area contributed by atoms with Gasteiger partial charge >= 0.3 is 5.97 Å². The summed E-state index contributed by atoms with van der Waals surface area (Å²) in [6.07, 6.45) is 0. The molecule has 0 amide bonds. The third-order valence-corrected chi connectivity index (χ3v) is 3.04. The Hall–Kier alpha value is -1.55. The average molecular weight is 278 g/mol. The van der Waals surface area contributed by atoms with Crippen molar-refractivity contribution in [3.8, 4) is 0 Å². The van der Waals surface area contributed by atoms with Gasteiger partial charge in [0.15, 0.2) is 0 Å². The second-order valence-electron chi connectivity index (χ2n) is 5.79. The standard InChI is InChI=1S/C16H26N2O2/c1-13-7-6-8-15(11-13)18(5)10-9-17-12-16(3,4)20-14(2)19/h6-8,11,17H,9-10,12H2,1-5H3. The number of likely N-dealkylation sites (N-methyl/N-ethyl adjacent to an activating group) is 1. The van der Waals surface area contributed by atoms with Gasteiger partial charge in [0.25, 0.3) is 0 Å². The quantitative estimate of drug-likeness (QED) is 0.614. The Morgan fingerprint density at radius 2 is 2.10 bits per heavy atom. The molecule has 0 heterocycles. The molecule has 0 atom stereocenters. The zero-order valence-electron chi connectivity index (χ0n) is 13.2. The molecule has 0 saturated heterocycles. The molecule has 1 rings (SSSR count). The molecule has 0 fully saturated rings. The Balaban J connectivity index is 2.32. The van der Waals surface area contributed by atoms with Gasteiger partial charge in [-0.2, -0.15) is 0 Å². The summed E-state index contributed by atoms with van der Waals surface area (Å²) < 4.78 is 5.23. The number of carbonyl (C=O) groups excluding carboxylic acids is 1. The van der Waals surface area contributed by atoms with Crippen LogP contribution in [0.1, 0.15) is 26.3 Å². The summed E-state index contributed by atoms with van der Waals surface area (Å²) in [4.78, 5) is 13.2. The maximum atomic E-state index is 11.0. The Kier molecular flexibility index (Phi) is 6.02. The molecule has 0 bridgehead atoms. The van der Waals surface area contributed by atoms with Crippen LogP contribution in [-0.4, -0.2) is 38.3 Å². The van der Waals surface area contributed by atoms with E-state index in [0.29, 0.717) is 6.54 Å². The summed E-state index contributed by atoms with van der Waals surface area (Å²) in [5, 5.41) is 3.33. The first-order valence-corrected chi connectivity index (χ1v) is 6.98. The molecule has 0 radical (unpaired) electrons. The van der Waals surface area contributed by atoms with Gasteiger partial charge in [-0.3, -0.25) is 4.79 Å². The van der Waals surface area contributed by atoms with Crippen molar-refractivity contribution in [3.05, 3.63) is 29.8 Å². The molecule has 1 N–H and O–H groups in total. The fourth-order valence-corrected chi connectivity index (χ4v) is 2.06. The number of nitrogens with zero attached hydrogens (tertiary/aromatic N) is 1. The van der Waals surface area contributed by atoms with Crippen LogP contribution in [0.2, 0.25) is 0 Å². The van der Waals surface area contributed by atoms with E-state index in [4.69, 9.17) is 4.74 Å². The molecule has 0 aromatic heterocycles. The summed E-state index contributed by atoms with van der Waals surface area (Å²) >= 11 is 0. The number of rotatable bonds is 7. The van der Waals surface area contributed by atoms with E-state index in [9.17, 15) is 4.79 Å². The Morgan fingerprint density at radius 1 is 1.40 bits per heavy atom. The molecule has 112 valence electrons. The van der Waals surface area contributed by atoms with E-state index in [2.05, 4.69) is 48.5 Å². The summed E-state index contributed by atoms with van der Waals surface area (Å²) in [6, 6.07) is 8.44. The Morgan fingerprint density at radius 3 is 2.70 bits per heavy atom. The molecule has 0 aliphatic rings. The van der Waals surface area contributed by atoms with Gasteiger partial charge < -0.3 is 15.0 Å². The van der Waals surface area contributed by atoms with Crippen LogP contribution >= 0.6 is 0 Å². The van der Waals surface area contributed by atoms with Crippen molar-refractivity contribution in [2.75, 3.05) is 31.6 Å². The summed E-state index contributed by atoms with van der Waals surface area (Å²) in [6.45, 7) is 9.74. The van der Waals surface area contributed by atoms with Crippen LogP contribution < -0.4 is 10.2 Å². The van der Waals surface area contributed by atoms with E-state index in [-0.39, 0.29) is 5.97 Å². The first-order valence-electron chi connectivity index (χ1n) is 6.98. The van der Waals surface area contributed by atoms with Crippen LogP contribution in [0.3, 0.4) is 0 Å². The molecule has 0 spiro atoms. The Bertz CT molecular complexity index is 444. The van der Waals surface area contributed by atoms with E-state index < -0.39 is 5.60 Å². The lowest BCUT2D eigenvalue weighted by atomic mass is 10.1. The molecule has 4 nitrogen and oxygen atoms in total. The maximum Gasteiger partial charge on any atom is 0.303 e. The summed E-state index contributed by atoms with van der Waals surface area (Å²) in [7, 11) is 2.08. The minimum Gasteiger partial charge on any atom is -0.458 e.